The highest BCUT2D eigenvalue weighted by Crippen LogP contribution is 2.24. The lowest BCUT2D eigenvalue weighted by molar-refractivity contribution is -0.383. The monoisotopic (exact) mass is 274 g/mol. The van der Waals surface area contributed by atoms with Crippen molar-refractivity contribution in [1.29, 1.82) is 0 Å². The maximum absolute atomic E-state index is 12.1. The number of rotatable bonds is 4. The summed E-state index contributed by atoms with van der Waals surface area (Å²) in [6.07, 6.45) is 1.60. The first-order chi connectivity index (χ1) is 9.50. The molecule has 1 heterocycles. The molecule has 0 saturated carbocycles. The standard InChI is InChI=1S/C13H14N4O3/c1-9-7-8-14-16(9)10(2)13(18)15-11-5-3-4-6-12(11)17(19)20/h3-8,10H,1-2H3,(H,15,18). The van der Waals surface area contributed by atoms with Crippen LogP contribution in [0.1, 0.15) is 18.7 Å². The molecule has 0 fully saturated rings. The summed E-state index contributed by atoms with van der Waals surface area (Å²) in [7, 11) is 0. The van der Waals surface area contributed by atoms with Crippen LogP contribution in [0.15, 0.2) is 36.5 Å². The normalized spacial score (nSPS) is 11.9. The van der Waals surface area contributed by atoms with Crippen molar-refractivity contribution in [3.05, 3.63) is 52.3 Å². The van der Waals surface area contributed by atoms with Gasteiger partial charge in [0.2, 0.25) is 5.91 Å². The lowest BCUT2D eigenvalue weighted by Crippen LogP contribution is -2.25. The molecule has 104 valence electrons. The minimum Gasteiger partial charge on any atom is -0.319 e. The summed E-state index contributed by atoms with van der Waals surface area (Å²) in [5.41, 5.74) is 0.889. The van der Waals surface area contributed by atoms with Gasteiger partial charge in [0.1, 0.15) is 11.7 Å². The van der Waals surface area contributed by atoms with E-state index in [9.17, 15) is 14.9 Å². The zero-order valence-corrected chi connectivity index (χ0v) is 11.1. The van der Waals surface area contributed by atoms with Crippen LogP contribution in [-0.2, 0) is 4.79 Å². The Morgan fingerprint density at radius 3 is 2.70 bits per heavy atom. The number of amides is 1. The second-order valence-electron chi connectivity index (χ2n) is 4.36. The molecule has 1 amide bonds. The number of nitro groups is 1. The highest BCUT2D eigenvalue weighted by atomic mass is 16.6. The average molecular weight is 274 g/mol. The summed E-state index contributed by atoms with van der Waals surface area (Å²) >= 11 is 0. The van der Waals surface area contributed by atoms with Gasteiger partial charge in [0.15, 0.2) is 0 Å². The van der Waals surface area contributed by atoms with Crippen molar-refractivity contribution in [2.75, 3.05) is 5.32 Å². The average Bonchev–Trinajstić information content (AvgIpc) is 2.84. The lowest BCUT2D eigenvalue weighted by atomic mass is 10.2. The summed E-state index contributed by atoms with van der Waals surface area (Å²) < 4.78 is 1.56. The smallest absolute Gasteiger partial charge is 0.292 e. The van der Waals surface area contributed by atoms with Crippen molar-refractivity contribution in [2.45, 2.75) is 19.9 Å². The van der Waals surface area contributed by atoms with E-state index >= 15 is 0 Å². The Morgan fingerprint density at radius 1 is 1.40 bits per heavy atom. The number of anilines is 1. The Hall–Kier alpha value is -2.70. The van der Waals surface area contributed by atoms with Gasteiger partial charge in [-0.2, -0.15) is 5.10 Å². The van der Waals surface area contributed by atoms with Crippen molar-refractivity contribution in [1.82, 2.24) is 9.78 Å². The fraction of sp³-hybridized carbons (Fsp3) is 0.231. The number of hydrogen-bond acceptors (Lipinski definition) is 4. The molecule has 2 aromatic rings. The number of hydrogen-bond donors (Lipinski definition) is 1. The molecule has 20 heavy (non-hydrogen) atoms. The number of para-hydroxylation sites is 2. The molecule has 0 aliphatic carbocycles. The van der Waals surface area contributed by atoms with Crippen LogP contribution in [0, 0.1) is 17.0 Å². The van der Waals surface area contributed by atoms with Crippen LogP contribution in [0.2, 0.25) is 0 Å². The molecule has 1 aromatic carbocycles. The van der Waals surface area contributed by atoms with Crippen molar-refractivity contribution < 1.29 is 9.72 Å². The predicted octanol–water partition coefficient (Wildman–Crippen LogP) is 2.30. The molecule has 7 nitrogen and oxygen atoms in total. The van der Waals surface area contributed by atoms with Gasteiger partial charge < -0.3 is 5.32 Å². The molecule has 1 N–H and O–H groups in total. The summed E-state index contributed by atoms with van der Waals surface area (Å²) in [6, 6.07) is 7.26. The molecule has 0 aliphatic heterocycles. The van der Waals surface area contributed by atoms with Crippen LogP contribution < -0.4 is 5.32 Å². The molecular formula is C13H14N4O3. The fourth-order valence-corrected chi connectivity index (χ4v) is 1.87. The third kappa shape index (κ3) is 2.66. The second-order valence-corrected chi connectivity index (χ2v) is 4.36. The molecule has 0 aliphatic rings. The van der Waals surface area contributed by atoms with Crippen LogP contribution >= 0.6 is 0 Å². The molecule has 1 aromatic heterocycles. The zero-order chi connectivity index (χ0) is 14.7. The Balaban J connectivity index is 2.20. The van der Waals surface area contributed by atoms with E-state index in [2.05, 4.69) is 10.4 Å². The summed E-state index contributed by atoms with van der Waals surface area (Å²) in [5.74, 6) is -0.355. The summed E-state index contributed by atoms with van der Waals surface area (Å²) in [4.78, 5) is 22.5. The van der Waals surface area contributed by atoms with E-state index in [4.69, 9.17) is 0 Å². The van der Waals surface area contributed by atoms with Gasteiger partial charge in [-0.1, -0.05) is 12.1 Å². The number of nitrogens with zero attached hydrogens (tertiary/aromatic N) is 3. The van der Waals surface area contributed by atoms with Gasteiger partial charge in [-0.25, -0.2) is 0 Å². The van der Waals surface area contributed by atoms with Gasteiger partial charge >= 0.3 is 0 Å². The van der Waals surface area contributed by atoms with Crippen LogP contribution in [0.5, 0.6) is 0 Å². The molecule has 0 bridgehead atoms. The van der Waals surface area contributed by atoms with Crippen LogP contribution in [0.4, 0.5) is 11.4 Å². The number of carbonyl (C=O) groups is 1. The van der Waals surface area contributed by atoms with E-state index in [0.717, 1.165) is 5.69 Å². The molecule has 1 unspecified atom stereocenters. The number of aromatic nitrogens is 2. The molecule has 7 heteroatoms. The number of carbonyl (C=O) groups excluding carboxylic acids is 1. The van der Waals surface area contributed by atoms with E-state index in [1.54, 1.807) is 36.0 Å². The van der Waals surface area contributed by atoms with E-state index in [-0.39, 0.29) is 17.3 Å². The first-order valence-corrected chi connectivity index (χ1v) is 6.05. The molecular weight excluding hydrogens is 260 g/mol. The Bertz CT molecular complexity index is 651. The van der Waals surface area contributed by atoms with Crippen molar-refractivity contribution in [2.24, 2.45) is 0 Å². The third-order valence-corrected chi connectivity index (χ3v) is 2.97. The maximum atomic E-state index is 12.1. The highest BCUT2D eigenvalue weighted by Gasteiger charge is 2.20. The van der Waals surface area contributed by atoms with Crippen LogP contribution in [0.3, 0.4) is 0 Å². The number of benzene rings is 1. The maximum Gasteiger partial charge on any atom is 0.292 e. The van der Waals surface area contributed by atoms with Gasteiger partial charge in [-0.05, 0) is 26.0 Å². The molecule has 2 rings (SSSR count). The Morgan fingerprint density at radius 2 is 2.10 bits per heavy atom. The Kier molecular flexibility index (Phi) is 3.79. The van der Waals surface area contributed by atoms with E-state index < -0.39 is 11.0 Å². The SMILES string of the molecule is Cc1ccnn1C(C)C(=O)Nc1ccccc1[N+](=O)[O-]. The summed E-state index contributed by atoms with van der Waals surface area (Å²) in [5, 5.41) is 17.5. The topological polar surface area (TPSA) is 90.1 Å². The first kappa shape index (κ1) is 13.7. The third-order valence-electron chi connectivity index (χ3n) is 2.97. The summed E-state index contributed by atoms with van der Waals surface area (Å²) in [6.45, 7) is 3.52. The number of aryl methyl sites for hydroxylation is 1. The molecule has 0 spiro atoms. The molecule has 0 radical (unpaired) electrons. The zero-order valence-electron chi connectivity index (χ0n) is 11.1. The number of nitro benzene ring substituents is 1. The second kappa shape index (κ2) is 5.52. The van der Waals surface area contributed by atoms with Crippen LogP contribution in [-0.4, -0.2) is 20.6 Å². The van der Waals surface area contributed by atoms with Gasteiger partial charge in [-0.3, -0.25) is 19.6 Å². The highest BCUT2D eigenvalue weighted by molar-refractivity contribution is 5.95. The van der Waals surface area contributed by atoms with Crippen molar-refractivity contribution in [3.63, 3.8) is 0 Å². The van der Waals surface area contributed by atoms with Crippen molar-refractivity contribution >= 4 is 17.3 Å². The van der Waals surface area contributed by atoms with Gasteiger partial charge in [0.25, 0.3) is 5.69 Å². The lowest BCUT2D eigenvalue weighted by Gasteiger charge is -2.14. The molecule has 0 saturated heterocycles. The first-order valence-electron chi connectivity index (χ1n) is 6.05. The van der Waals surface area contributed by atoms with Gasteiger partial charge in [0.05, 0.1) is 4.92 Å². The fourth-order valence-electron chi connectivity index (χ4n) is 1.87. The predicted molar refractivity (Wildman–Crippen MR) is 73.4 cm³/mol. The van der Waals surface area contributed by atoms with Crippen molar-refractivity contribution in [3.8, 4) is 0 Å². The number of nitrogens with one attached hydrogen (secondary N) is 1. The Labute approximate surface area is 115 Å². The van der Waals surface area contributed by atoms with E-state index in [1.807, 2.05) is 6.92 Å². The van der Waals surface area contributed by atoms with E-state index in [0.29, 0.717) is 0 Å². The molecule has 1 atom stereocenters. The largest absolute Gasteiger partial charge is 0.319 e. The van der Waals surface area contributed by atoms with Crippen LogP contribution in [0.25, 0.3) is 0 Å². The minimum atomic E-state index is -0.551. The minimum absolute atomic E-state index is 0.134. The quantitative estimate of drug-likeness (QED) is 0.684. The van der Waals surface area contributed by atoms with Gasteiger partial charge in [0, 0.05) is 18.0 Å². The van der Waals surface area contributed by atoms with E-state index in [1.165, 1.54) is 12.1 Å². The van der Waals surface area contributed by atoms with Gasteiger partial charge in [-0.15, -0.1) is 0 Å².